The van der Waals surface area contributed by atoms with Gasteiger partial charge in [0.05, 0.1) is 12.1 Å². The van der Waals surface area contributed by atoms with E-state index in [0.29, 0.717) is 71.2 Å². The summed E-state index contributed by atoms with van der Waals surface area (Å²) in [6.45, 7) is 3.02. The Morgan fingerprint density at radius 2 is 1.69 bits per heavy atom. The molecule has 14 nitrogen and oxygen atoms in total. The minimum atomic E-state index is -0.738. The van der Waals surface area contributed by atoms with Crippen LogP contribution in [0.2, 0.25) is 0 Å². The SMILES string of the molecule is CN(CCCNC(=O)[C@@H]1CCCN1C[C@H](CCCN=C(N)N)NC(=O)[C@@H]1CCCN1C(=O)[C@H](N)Cc1ccccc1)C(=O)OC1CC/C=C\CCC1. The number of carbonyl (C=O) groups is 4. The summed E-state index contributed by atoms with van der Waals surface area (Å²) in [5.41, 5.74) is 18.4. The van der Waals surface area contributed by atoms with E-state index >= 15 is 0 Å². The maximum atomic E-state index is 13.7. The lowest BCUT2D eigenvalue weighted by atomic mass is 10.0. The maximum absolute atomic E-state index is 13.7. The van der Waals surface area contributed by atoms with E-state index in [4.69, 9.17) is 21.9 Å². The van der Waals surface area contributed by atoms with Gasteiger partial charge in [-0.1, -0.05) is 42.5 Å². The number of rotatable bonds is 17. The summed E-state index contributed by atoms with van der Waals surface area (Å²) in [6.07, 6.45) is 13.7. The van der Waals surface area contributed by atoms with Gasteiger partial charge in [-0.15, -0.1) is 0 Å². The van der Waals surface area contributed by atoms with Crippen molar-refractivity contribution in [3.63, 3.8) is 0 Å². The lowest BCUT2D eigenvalue weighted by molar-refractivity contribution is -0.139. The molecule has 4 amide bonds. The van der Waals surface area contributed by atoms with E-state index in [0.717, 1.165) is 57.1 Å². The number of nitrogens with two attached hydrogens (primary N) is 3. The van der Waals surface area contributed by atoms with Crippen LogP contribution in [0.15, 0.2) is 47.5 Å². The first-order chi connectivity index (χ1) is 25.1. The van der Waals surface area contributed by atoms with Crippen molar-refractivity contribution in [2.45, 2.75) is 114 Å². The largest absolute Gasteiger partial charge is 0.446 e. The van der Waals surface area contributed by atoms with Gasteiger partial charge in [-0.05, 0) is 95.6 Å². The van der Waals surface area contributed by atoms with Gasteiger partial charge in [-0.25, -0.2) is 4.79 Å². The van der Waals surface area contributed by atoms with E-state index in [1.165, 1.54) is 0 Å². The first kappa shape index (κ1) is 40.6. The number of aliphatic imine (C=N–C) groups is 1. The van der Waals surface area contributed by atoms with Crippen molar-refractivity contribution < 1.29 is 23.9 Å². The monoisotopic (exact) mass is 723 g/mol. The van der Waals surface area contributed by atoms with Gasteiger partial charge in [0.2, 0.25) is 17.7 Å². The lowest BCUT2D eigenvalue weighted by Crippen LogP contribution is -2.55. The number of carbonyl (C=O) groups excluding carboxylic acids is 4. The molecule has 4 rings (SSSR count). The molecule has 2 saturated heterocycles. The Hall–Kier alpha value is -4.17. The molecule has 14 heteroatoms. The number of likely N-dealkylation sites (tertiary alicyclic amines) is 2. The minimum Gasteiger partial charge on any atom is -0.446 e. The zero-order chi connectivity index (χ0) is 37.3. The summed E-state index contributed by atoms with van der Waals surface area (Å²) in [5, 5.41) is 6.27. The Balaban J connectivity index is 1.27. The predicted octanol–water partition coefficient (Wildman–Crippen LogP) is 2.01. The van der Waals surface area contributed by atoms with Gasteiger partial charge in [0.1, 0.15) is 12.1 Å². The number of nitrogens with one attached hydrogen (secondary N) is 2. The molecule has 52 heavy (non-hydrogen) atoms. The second-order valence-electron chi connectivity index (χ2n) is 14.3. The Morgan fingerprint density at radius 1 is 0.942 bits per heavy atom. The molecule has 1 aromatic rings. The second-order valence-corrected chi connectivity index (χ2v) is 14.3. The molecule has 0 saturated carbocycles. The number of amides is 4. The van der Waals surface area contributed by atoms with Gasteiger partial charge < -0.3 is 42.4 Å². The van der Waals surface area contributed by atoms with E-state index in [1.807, 2.05) is 30.3 Å². The third kappa shape index (κ3) is 13.1. The number of ether oxygens (including phenoxy) is 1. The second kappa shape index (κ2) is 21.4. The van der Waals surface area contributed by atoms with Crippen LogP contribution >= 0.6 is 0 Å². The van der Waals surface area contributed by atoms with Gasteiger partial charge in [0.25, 0.3) is 0 Å². The molecule has 1 aliphatic carbocycles. The first-order valence-corrected chi connectivity index (χ1v) is 19.2. The molecule has 8 N–H and O–H groups in total. The van der Waals surface area contributed by atoms with Gasteiger partial charge in [-0.3, -0.25) is 24.3 Å². The fourth-order valence-corrected chi connectivity index (χ4v) is 7.36. The molecule has 2 heterocycles. The quantitative estimate of drug-likeness (QED) is 0.0690. The summed E-state index contributed by atoms with van der Waals surface area (Å²) in [6, 6.07) is 7.69. The van der Waals surface area contributed by atoms with Crippen LogP contribution in [0, 0.1) is 0 Å². The molecule has 288 valence electrons. The van der Waals surface area contributed by atoms with Crippen molar-refractivity contribution >= 4 is 29.8 Å². The van der Waals surface area contributed by atoms with Crippen molar-refractivity contribution in [1.29, 1.82) is 0 Å². The molecule has 0 aromatic heterocycles. The Bertz CT molecular complexity index is 1360. The summed E-state index contributed by atoms with van der Waals surface area (Å²) in [7, 11) is 1.73. The fourth-order valence-electron chi connectivity index (χ4n) is 7.36. The summed E-state index contributed by atoms with van der Waals surface area (Å²) in [5.74, 6) is -0.480. The van der Waals surface area contributed by atoms with E-state index in [1.54, 1.807) is 16.8 Å². The zero-order valence-corrected chi connectivity index (χ0v) is 30.9. The van der Waals surface area contributed by atoms with Gasteiger partial charge in [0.15, 0.2) is 5.96 Å². The lowest BCUT2D eigenvalue weighted by Gasteiger charge is -2.31. The average molecular weight is 724 g/mol. The van der Waals surface area contributed by atoms with Gasteiger partial charge in [0, 0.05) is 45.8 Å². The Morgan fingerprint density at radius 3 is 2.48 bits per heavy atom. The maximum Gasteiger partial charge on any atom is 0.409 e. The third-order valence-electron chi connectivity index (χ3n) is 10.2. The smallest absolute Gasteiger partial charge is 0.409 e. The van der Waals surface area contributed by atoms with Crippen LogP contribution in [-0.2, 0) is 25.5 Å². The predicted molar refractivity (Wildman–Crippen MR) is 202 cm³/mol. The van der Waals surface area contributed by atoms with Crippen molar-refractivity contribution in [2.24, 2.45) is 22.2 Å². The van der Waals surface area contributed by atoms with E-state index < -0.39 is 12.1 Å². The number of nitrogens with zero attached hydrogens (tertiary/aromatic N) is 4. The van der Waals surface area contributed by atoms with Crippen LogP contribution in [0.4, 0.5) is 4.79 Å². The molecule has 2 aliphatic heterocycles. The van der Waals surface area contributed by atoms with Crippen molar-refractivity contribution in [1.82, 2.24) is 25.3 Å². The van der Waals surface area contributed by atoms with E-state index in [9.17, 15) is 19.2 Å². The molecule has 0 spiro atoms. The highest BCUT2D eigenvalue weighted by molar-refractivity contribution is 5.90. The molecule has 0 radical (unpaired) electrons. The molecule has 1 aromatic carbocycles. The highest BCUT2D eigenvalue weighted by Crippen LogP contribution is 2.22. The first-order valence-electron chi connectivity index (χ1n) is 19.2. The molecule has 2 fully saturated rings. The molecule has 1 unspecified atom stereocenters. The normalized spacial score (nSPS) is 22.3. The van der Waals surface area contributed by atoms with E-state index in [-0.39, 0.29) is 48.0 Å². The van der Waals surface area contributed by atoms with Crippen molar-refractivity contribution in [3.8, 4) is 0 Å². The van der Waals surface area contributed by atoms with Crippen LogP contribution < -0.4 is 27.8 Å². The summed E-state index contributed by atoms with van der Waals surface area (Å²) < 4.78 is 5.74. The minimum absolute atomic E-state index is 0.0135. The molecule has 5 atom stereocenters. The standard InChI is InChI=1S/C38H61N9O5/c1-45(38(51)52-30-17-8-3-2-4-9-18-30)23-13-22-42-34(48)32-19-11-24-46(32)27-29(16-10-21-43-37(40)41)44-35(49)33-20-12-25-47(33)36(50)31(39)26-28-14-6-5-7-15-28/h2-3,5-7,14-15,29-33H,4,8-13,16-27,39H2,1H3,(H,42,48)(H,44,49)(H4,40,41,43)/b3-2-/t29-,30?,31+,32-,33-/m0/s1. The van der Waals surface area contributed by atoms with Crippen LogP contribution in [0.25, 0.3) is 0 Å². The number of allylic oxidation sites excluding steroid dienone is 2. The van der Waals surface area contributed by atoms with Crippen LogP contribution in [0.5, 0.6) is 0 Å². The molecular formula is C38H61N9O5. The van der Waals surface area contributed by atoms with Crippen molar-refractivity contribution in [2.75, 3.05) is 46.3 Å². The fraction of sp³-hybridized carbons (Fsp3) is 0.658. The number of hydrogen-bond donors (Lipinski definition) is 5. The summed E-state index contributed by atoms with van der Waals surface area (Å²) in [4.78, 5) is 62.6. The van der Waals surface area contributed by atoms with Gasteiger partial charge in [-0.2, -0.15) is 0 Å². The van der Waals surface area contributed by atoms with Crippen LogP contribution in [-0.4, -0.2) is 121 Å². The van der Waals surface area contributed by atoms with Crippen LogP contribution in [0.1, 0.15) is 82.6 Å². The molecular weight excluding hydrogens is 662 g/mol. The van der Waals surface area contributed by atoms with Crippen molar-refractivity contribution in [3.05, 3.63) is 48.0 Å². The highest BCUT2D eigenvalue weighted by Gasteiger charge is 2.38. The molecule has 3 aliphatic rings. The zero-order valence-electron chi connectivity index (χ0n) is 30.9. The van der Waals surface area contributed by atoms with Gasteiger partial charge >= 0.3 is 6.09 Å². The van der Waals surface area contributed by atoms with Crippen LogP contribution in [0.3, 0.4) is 0 Å². The van der Waals surface area contributed by atoms with E-state index in [2.05, 4.69) is 32.7 Å². The number of hydrogen-bond acceptors (Lipinski definition) is 8. The number of benzene rings is 1. The third-order valence-corrected chi connectivity index (χ3v) is 10.2. The topological polar surface area (TPSA) is 202 Å². The molecule has 0 bridgehead atoms. The number of guanidine groups is 1. The highest BCUT2D eigenvalue weighted by atomic mass is 16.6. The Labute approximate surface area is 308 Å². The average Bonchev–Trinajstić information content (AvgIpc) is 3.80. The summed E-state index contributed by atoms with van der Waals surface area (Å²) >= 11 is 0. The Kier molecular flexibility index (Phi) is 16.7.